The third-order valence-corrected chi connectivity index (χ3v) is 6.84. The molecule has 0 aromatic heterocycles. The third-order valence-electron chi connectivity index (χ3n) is 4.93. The first-order valence-corrected chi connectivity index (χ1v) is 10.9. The fourth-order valence-electron chi connectivity index (χ4n) is 3.20. The summed E-state index contributed by atoms with van der Waals surface area (Å²) in [7, 11) is 0.481. The smallest absolute Gasteiger partial charge is 0.243 e. The molecule has 0 radical (unpaired) electrons. The predicted octanol–water partition coefficient (Wildman–Crippen LogP) is 3.82. The van der Waals surface area contributed by atoms with Crippen molar-refractivity contribution >= 4 is 27.6 Å². The molecule has 1 fully saturated rings. The van der Waals surface area contributed by atoms with Gasteiger partial charge in [0.05, 0.1) is 4.90 Å². The molecule has 2 aromatic carbocycles. The maximum atomic E-state index is 12.7. The topological polar surface area (TPSA) is 57.7 Å². The Kier molecular flexibility index (Phi) is 6.31. The Morgan fingerprint density at radius 2 is 1.54 bits per heavy atom. The van der Waals surface area contributed by atoms with Gasteiger partial charge in [-0.2, -0.15) is 4.31 Å². The number of sulfonamides is 1. The SMILES string of the molecule is CN(C)c1ccc(C=CC(=O)c2ccc(S(=O)(=O)N3CCCCC3)cc2)cc1. The average molecular weight is 399 g/mol. The summed E-state index contributed by atoms with van der Waals surface area (Å²) >= 11 is 0. The van der Waals surface area contributed by atoms with Crippen LogP contribution in [0.1, 0.15) is 35.2 Å². The van der Waals surface area contributed by atoms with Crippen molar-refractivity contribution < 1.29 is 13.2 Å². The molecular formula is C22H26N2O3S. The summed E-state index contributed by atoms with van der Waals surface area (Å²) in [5.41, 5.74) is 2.50. The van der Waals surface area contributed by atoms with Gasteiger partial charge >= 0.3 is 0 Å². The fraction of sp³-hybridized carbons (Fsp3) is 0.318. The Morgan fingerprint density at radius 3 is 2.11 bits per heavy atom. The molecule has 0 N–H and O–H groups in total. The molecule has 0 saturated carbocycles. The average Bonchev–Trinajstić information content (AvgIpc) is 2.73. The Morgan fingerprint density at radius 1 is 0.929 bits per heavy atom. The van der Waals surface area contributed by atoms with Gasteiger partial charge in [-0.15, -0.1) is 0 Å². The van der Waals surface area contributed by atoms with Gasteiger partial charge in [-0.3, -0.25) is 4.79 Å². The van der Waals surface area contributed by atoms with Gasteiger partial charge in [0.15, 0.2) is 5.78 Å². The van der Waals surface area contributed by atoms with E-state index in [9.17, 15) is 13.2 Å². The van der Waals surface area contributed by atoms with E-state index in [2.05, 4.69) is 0 Å². The van der Waals surface area contributed by atoms with Crippen LogP contribution in [0.2, 0.25) is 0 Å². The van der Waals surface area contributed by atoms with Crippen LogP contribution in [0.4, 0.5) is 5.69 Å². The first-order valence-electron chi connectivity index (χ1n) is 9.48. The van der Waals surface area contributed by atoms with Gasteiger partial charge in [0.1, 0.15) is 0 Å². The number of hydrogen-bond donors (Lipinski definition) is 0. The zero-order chi connectivity index (χ0) is 20.1. The van der Waals surface area contributed by atoms with Gasteiger partial charge in [-0.25, -0.2) is 8.42 Å². The summed E-state index contributed by atoms with van der Waals surface area (Å²) in [6.07, 6.45) is 6.15. The molecule has 1 aliphatic heterocycles. The summed E-state index contributed by atoms with van der Waals surface area (Å²) in [6, 6.07) is 14.1. The number of hydrogen-bond acceptors (Lipinski definition) is 4. The monoisotopic (exact) mass is 398 g/mol. The molecule has 6 heteroatoms. The van der Waals surface area contributed by atoms with Gasteiger partial charge in [0.2, 0.25) is 10.0 Å². The first kappa shape index (κ1) is 20.3. The van der Waals surface area contributed by atoms with E-state index >= 15 is 0 Å². The van der Waals surface area contributed by atoms with E-state index in [-0.39, 0.29) is 10.7 Å². The van der Waals surface area contributed by atoms with Crippen LogP contribution in [0.25, 0.3) is 6.08 Å². The van der Waals surface area contributed by atoms with Gasteiger partial charge in [-0.05, 0) is 60.9 Å². The molecule has 28 heavy (non-hydrogen) atoms. The number of rotatable bonds is 6. The Bertz CT molecular complexity index is 940. The second-order valence-corrected chi connectivity index (χ2v) is 9.11. The third kappa shape index (κ3) is 4.69. The zero-order valence-corrected chi connectivity index (χ0v) is 17.2. The number of benzene rings is 2. The lowest BCUT2D eigenvalue weighted by Crippen LogP contribution is -2.35. The molecule has 0 spiro atoms. The highest BCUT2D eigenvalue weighted by molar-refractivity contribution is 7.89. The van der Waals surface area contributed by atoms with Crippen molar-refractivity contribution in [1.82, 2.24) is 4.31 Å². The van der Waals surface area contributed by atoms with Crippen LogP contribution < -0.4 is 4.90 Å². The van der Waals surface area contributed by atoms with Crippen LogP contribution in [0.3, 0.4) is 0 Å². The van der Waals surface area contributed by atoms with Crippen molar-refractivity contribution in [2.75, 3.05) is 32.1 Å². The minimum Gasteiger partial charge on any atom is -0.378 e. The molecule has 1 heterocycles. The van der Waals surface area contributed by atoms with E-state index < -0.39 is 10.0 Å². The fourth-order valence-corrected chi connectivity index (χ4v) is 4.71. The number of anilines is 1. The number of carbonyl (C=O) groups is 1. The van der Waals surface area contributed by atoms with Gasteiger partial charge < -0.3 is 4.90 Å². The van der Waals surface area contributed by atoms with Crippen molar-refractivity contribution in [3.05, 3.63) is 65.7 Å². The number of allylic oxidation sites excluding steroid dienone is 1. The van der Waals surface area contributed by atoms with Crippen molar-refractivity contribution in [3.8, 4) is 0 Å². The molecule has 0 unspecified atom stereocenters. The number of nitrogens with zero attached hydrogens (tertiary/aromatic N) is 2. The summed E-state index contributed by atoms with van der Waals surface area (Å²) < 4.78 is 26.9. The molecule has 5 nitrogen and oxygen atoms in total. The molecule has 0 atom stereocenters. The lowest BCUT2D eigenvalue weighted by Gasteiger charge is -2.25. The molecule has 0 amide bonds. The minimum absolute atomic E-state index is 0.154. The van der Waals surface area contributed by atoms with E-state index in [1.54, 1.807) is 18.2 Å². The lowest BCUT2D eigenvalue weighted by molar-refractivity contribution is 0.104. The molecule has 1 saturated heterocycles. The zero-order valence-electron chi connectivity index (χ0n) is 16.3. The van der Waals surface area contributed by atoms with E-state index in [0.29, 0.717) is 18.7 Å². The van der Waals surface area contributed by atoms with Crippen LogP contribution in [-0.4, -0.2) is 45.7 Å². The van der Waals surface area contributed by atoms with E-state index in [1.807, 2.05) is 43.3 Å². The molecule has 2 aromatic rings. The van der Waals surface area contributed by atoms with E-state index in [1.165, 1.54) is 22.5 Å². The Balaban J connectivity index is 1.69. The molecule has 148 valence electrons. The summed E-state index contributed by atoms with van der Waals surface area (Å²) in [6.45, 7) is 1.14. The standard InChI is InChI=1S/C22H26N2O3S/c1-23(2)20-11-6-18(7-12-20)8-15-22(25)19-9-13-21(14-10-19)28(26,27)24-16-4-3-5-17-24/h6-15H,3-5,16-17H2,1-2H3. The molecule has 0 aliphatic carbocycles. The maximum absolute atomic E-state index is 12.7. The highest BCUT2D eigenvalue weighted by Crippen LogP contribution is 2.21. The van der Waals surface area contributed by atoms with E-state index in [0.717, 1.165) is 30.5 Å². The normalized spacial score (nSPS) is 15.6. The van der Waals surface area contributed by atoms with E-state index in [4.69, 9.17) is 0 Å². The largest absolute Gasteiger partial charge is 0.378 e. The summed E-state index contributed by atoms with van der Waals surface area (Å²) in [5.74, 6) is -0.154. The quantitative estimate of drug-likeness (QED) is 0.548. The number of carbonyl (C=O) groups excluding carboxylic acids is 1. The number of ketones is 1. The van der Waals surface area contributed by atoms with Crippen LogP contribution in [0.5, 0.6) is 0 Å². The van der Waals surface area contributed by atoms with Crippen LogP contribution >= 0.6 is 0 Å². The highest BCUT2D eigenvalue weighted by Gasteiger charge is 2.25. The van der Waals surface area contributed by atoms with Gasteiger partial charge in [0, 0.05) is 38.4 Å². The van der Waals surface area contributed by atoms with Gasteiger partial charge in [-0.1, -0.05) is 24.6 Å². The second-order valence-electron chi connectivity index (χ2n) is 7.17. The Labute approximate surface area is 167 Å². The molecule has 3 rings (SSSR count). The van der Waals surface area contributed by atoms with Crippen molar-refractivity contribution in [2.45, 2.75) is 24.2 Å². The minimum atomic E-state index is -3.47. The van der Waals surface area contributed by atoms with Crippen molar-refractivity contribution in [2.24, 2.45) is 0 Å². The summed E-state index contributed by atoms with van der Waals surface area (Å²) in [4.78, 5) is 14.7. The summed E-state index contributed by atoms with van der Waals surface area (Å²) in [5, 5.41) is 0. The first-order chi connectivity index (χ1) is 13.4. The molecule has 0 bridgehead atoms. The predicted molar refractivity (Wildman–Crippen MR) is 113 cm³/mol. The molecule has 1 aliphatic rings. The van der Waals surface area contributed by atoms with Gasteiger partial charge in [0.25, 0.3) is 0 Å². The Hall–Kier alpha value is -2.44. The van der Waals surface area contributed by atoms with Crippen LogP contribution in [0, 0.1) is 0 Å². The lowest BCUT2D eigenvalue weighted by atomic mass is 10.1. The van der Waals surface area contributed by atoms with Crippen molar-refractivity contribution in [3.63, 3.8) is 0 Å². The van der Waals surface area contributed by atoms with Crippen LogP contribution in [-0.2, 0) is 10.0 Å². The number of piperidine rings is 1. The van der Waals surface area contributed by atoms with Crippen LogP contribution in [0.15, 0.2) is 59.5 Å². The molecular weight excluding hydrogens is 372 g/mol. The highest BCUT2D eigenvalue weighted by atomic mass is 32.2. The maximum Gasteiger partial charge on any atom is 0.243 e. The van der Waals surface area contributed by atoms with Crippen molar-refractivity contribution in [1.29, 1.82) is 0 Å². The second kappa shape index (κ2) is 8.71.